The Morgan fingerprint density at radius 3 is 2.94 bits per heavy atom. The van der Waals surface area contributed by atoms with E-state index in [1.165, 1.54) is 6.07 Å². The lowest BCUT2D eigenvalue weighted by molar-refractivity contribution is -0.127. The van der Waals surface area contributed by atoms with Crippen LogP contribution in [0.4, 0.5) is 10.1 Å². The van der Waals surface area contributed by atoms with Gasteiger partial charge >= 0.3 is 0 Å². The normalized spacial score (nSPS) is 23.0. The molecule has 1 saturated heterocycles. The first-order valence-electron chi connectivity index (χ1n) is 5.94. The first-order chi connectivity index (χ1) is 8.68. The number of hydrogen-bond donors (Lipinski definition) is 2. The molecule has 4 nitrogen and oxygen atoms in total. The largest absolute Gasteiger partial charge is 0.384 e. The van der Waals surface area contributed by atoms with Gasteiger partial charge in [-0.05, 0) is 25.1 Å². The Kier molecular flexibility index (Phi) is 3.93. The first-order valence-corrected chi connectivity index (χ1v) is 5.94. The van der Waals surface area contributed by atoms with Crippen LogP contribution in [0, 0.1) is 11.2 Å². The van der Waals surface area contributed by atoms with Crippen LogP contribution in [0.15, 0.2) is 24.3 Å². The predicted octanol–water partition coefficient (Wildman–Crippen LogP) is 1.39. The second-order valence-electron chi connectivity index (χ2n) is 4.57. The topological polar surface area (TPSA) is 50.4 Å². The van der Waals surface area contributed by atoms with E-state index in [4.69, 9.17) is 4.74 Å². The molecule has 2 rings (SSSR count). The number of anilines is 1. The molecule has 2 N–H and O–H groups in total. The maximum atomic E-state index is 13.5. The summed E-state index contributed by atoms with van der Waals surface area (Å²) < 4.78 is 18.6. The quantitative estimate of drug-likeness (QED) is 0.851. The number of ether oxygens (including phenoxy) is 1. The maximum absolute atomic E-state index is 13.5. The molecule has 1 aliphatic heterocycles. The van der Waals surface area contributed by atoms with E-state index in [2.05, 4.69) is 10.6 Å². The highest BCUT2D eigenvalue weighted by molar-refractivity contribution is 5.96. The van der Waals surface area contributed by atoms with E-state index in [0.29, 0.717) is 19.6 Å². The van der Waals surface area contributed by atoms with Gasteiger partial charge in [-0.25, -0.2) is 4.39 Å². The van der Waals surface area contributed by atoms with Gasteiger partial charge in [0.1, 0.15) is 5.82 Å². The number of halogens is 1. The predicted molar refractivity (Wildman–Crippen MR) is 66.8 cm³/mol. The highest BCUT2D eigenvalue weighted by Gasteiger charge is 2.41. The van der Waals surface area contributed by atoms with Crippen LogP contribution in [0.5, 0.6) is 0 Å². The van der Waals surface area contributed by atoms with Crippen molar-refractivity contribution in [3.8, 4) is 0 Å². The highest BCUT2D eigenvalue weighted by Crippen LogP contribution is 2.28. The molecule has 1 aromatic carbocycles. The maximum Gasteiger partial charge on any atom is 0.234 e. The van der Waals surface area contributed by atoms with Crippen molar-refractivity contribution in [3.63, 3.8) is 0 Å². The number of nitrogens with one attached hydrogen (secondary N) is 2. The Bertz CT molecular complexity index is 431. The number of carbonyl (C=O) groups excluding carboxylic acids is 1. The molecular weight excluding hydrogens is 235 g/mol. The van der Waals surface area contributed by atoms with Gasteiger partial charge in [0.2, 0.25) is 5.91 Å². The van der Waals surface area contributed by atoms with Gasteiger partial charge in [0, 0.05) is 13.7 Å². The summed E-state index contributed by atoms with van der Waals surface area (Å²) in [7, 11) is 1.57. The Morgan fingerprint density at radius 1 is 1.56 bits per heavy atom. The van der Waals surface area contributed by atoms with Crippen LogP contribution >= 0.6 is 0 Å². The van der Waals surface area contributed by atoms with Crippen LogP contribution in [0.3, 0.4) is 0 Å². The first kappa shape index (κ1) is 13.0. The number of methoxy groups -OCH3 is 1. The van der Waals surface area contributed by atoms with E-state index in [0.717, 1.165) is 6.54 Å². The molecule has 0 spiro atoms. The minimum absolute atomic E-state index is 0.195. The summed E-state index contributed by atoms with van der Waals surface area (Å²) in [4.78, 5) is 12.3. The number of carbonyl (C=O) groups is 1. The second-order valence-corrected chi connectivity index (χ2v) is 4.57. The van der Waals surface area contributed by atoms with Crippen LogP contribution in [0.2, 0.25) is 0 Å². The molecule has 0 saturated carbocycles. The SMILES string of the molecule is COCC1(C(=O)Nc2ccccc2F)CCNC1. The fraction of sp³-hybridized carbons (Fsp3) is 0.462. The molecule has 0 radical (unpaired) electrons. The van der Waals surface area contributed by atoms with Gasteiger partial charge in [-0.1, -0.05) is 12.1 Å². The van der Waals surface area contributed by atoms with Crippen LogP contribution in [-0.4, -0.2) is 32.7 Å². The molecule has 0 aliphatic carbocycles. The van der Waals surface area contributed by atoms with E-state index in [9.17, 15) is 9.18 Å². The third-order valence-corrected chi connectivity index (χ3v) is 3.27. The third-order valence-electron chi connectivity index (χ3n) is 3.27. The molecule has 1 atom stereocenters. The van der Waals surface area contributed by atoms with Crippen molar-refractivity contribution in [2.45, 2.75) is 6.42 Å². The van der Waals surface area contributed by atoms with Crippen molar-refractivity contribution in [3.05, 3.63) is 30.1 Å². The molecule has 18 heavy (non-hydrogen) atoms. The molecule has 0 bridgehead atoms. The Hall–Kier alpha value is -1.46. The van der Waals surface area contributed by atoms with Gasteiger partial charge in [-0.15, -0.1) is 0 Å². The number of rotatable bonds is 4. The van der Waals surface area contributed by atoms with Crippen LogP contribution < -0.4 is 10.6 Å². The summed E-state index contributed by atoms with van der Waals surface area (Å²) in [5.41, 5.74) is -0.387. The van der Waals surface area contributed by atoms with Crippen molar-refractivity contribution in [2.24, 2.45) is 5.41 Å². The Balaban J connectivity index is 2.13. The minimum atomic E-state index is -0.600. The van der Waals surface area contributed by atoms with E-state index in [-0.39, 0.29) is 11.6 Å². The lowest BCUT2D eigenvalue weighted by Gasteiger charge is -2.26. The minimum Gasteiger partial charge on any atom is -0.384 e. The third kappa shape index (κ3) is 2.52. The van der Waals surface area contributed by atoms with Gasteiger partial charge in [-0.3, -0.25) is 4.79 Å². The summed E-state index contributed by atoms with van der Waals surface area (Å²) in [6.07, 6.45) is 0.696. The Labute approximate surface area is 106 Å². The second kappa shape index (κ2) is 5.46. The van der Waals surface area contributed by atoms with Crippen molar-refractivity contribution in [2.75, 3.05) is 32.1 Å². The summed E-state index contributed by atoms with van der Waals surface area (Å²) in [6.45, 7) is 1.66. The fourth-order valence-corrected chi connectivity index (χ4v) is 2.22. The molecular formula is C13H17FN2O2. The number of hydrogen-bond acceptors (Lipinski definition) is 3. The fourth-order valence-electron chi connectivity index (χ4n) is 2.22. The summed E-state index contributed by atoms with van der Waals surface area (Å²) >= 11 is 0. The molecule has 5 heteroatoms. The molecule has 1 fully saturated rings. The smallest absolute Gasteiger partial charge is 0.234 e. The Morgan fingerprint density at radius 2 is 2.33 bits per heavy atom. The van der Waals surface area contributed by atoms with Crippen molar-refractivity contribution in [1.29, 1.82) is 0 Å². The van der Waals surface area contributed by atoms with Crippen molar-refractivity contribution >= 4 is 11.6 Å². The molecule has 1 amide bonds. The zero-order chi connectivity index (χ0) is 13.0. The lowest BCUT2D eigenvalue weighted by Crippen LogP contribution is -2.42. The standard InChI is InChI=1S/C13H17FN2O2/c1-18-9-13(6-7-15-8-13)12(17)16-11-5-3-2-4-10(11)14/h2-5,15H,6-9H2,1H3,(H,16,17). The molecule has 0 aromatic heterocycles. The van der Waals surface area contributed by atoms with Crippen LogP contribution in [0.1, 0.15) is 6.42 Å². The van der Waals surface area contributed by atoms with Gasteiger partial charge in [0.25, 0.3) is 0 Å². The van der Waals surface area contributed by atoms with Gasteiger partial charge in [0.05, 0.1) is 17.7 Å². The summed E-state index contributed by atoms with van der Waals surface area (Å²) in [5.74, 6) is -0.621. The monoisotopic (exact) mass is 252 g/mol. The number of amides is 1. The zero-order valence-corrected chi connectivity index (χ0v) is 10.3. The molecule has 1 aliphatic rings. The highest BCUT2D eigenvalue weighted by atomic mass is 19.1. The van der Waals surface area contributed by atoms with Gasteiger partial charge in [-0.2, -0.15) is 0 Å². The molecule has 1 unspecified atom stereocenters. The van der Waals surface area contributed by atoms with E-state index >= 15 is 0 Å². The van der Waals surface area contributed by atoms with Crippen molar-refractivity contribution < 1.29 is 13.9 Å². The average Bonchev–Trinajstić information content (AvgIpc) is 2.82. The lowest BCUT2D eigenvalue weighted by atomic mass is 9.87. The molecule has 1 aromatic rings. The van der Waals surface area contributed by atoms with Gasteiger partial charge < -0.3 is 15.4 Å². The van der Waals surface area contributed by atoms with Gasteiger partial charge in [0.15, 0.2) is 0 Å². The van der Waals surface area contributed by atoms with E-state index in [1.54, 1.807) is 25.3 Å². The molecule has 1 heterocycles. The summed E-state index contributed by atoms with van der Waals surface area (Å²) in [5, 5.41) is 5.79. The number of benzene rings is 1. The zero-order valence-electron chi connectivity index (χ0n) is 10.3. The van der Waals surface area contributed by atoms with E-state index in [1.807, 2.05) is 0 Å². The van der Waals surface area contributed by atoms with Crippen LogP contribution in [-0.2, 0) is 9.53 Å². The average molecular weight is 252 g/mol. The van der Waals surface area contributed by atoms with E-state index < -0.39 is 11.2 Å². The summed E-state index contributed by atoms with van der Waals surface area (Å²) in [6, 6.07) is 6.16. The van der Waals surface area contributed by atoms with Crippen molar-refractivity contribution in [1.82, 2.24) is 5.32 Å². The number of para-hydroxylation sites is 1. The molecule has 98 valence electrons. The van der Waals surface area contributed by atoms with Crippen LogP contribution in [0.25, 0.3) is 0 Å².